The molecule has 2 fully saturated rings. The summed E-state index contributed by atoms with van der Waals surface area (Å²) in [5.41, 5.74) is 2.00. The number of hydrogen-bond donors (Lipinski definition) is 2. The maximum absolute atomic E-state index is 14.3. The number of methoxy groups -OCH3 is 1. The summed E-state index contributed by atoms with van der Waals surface area (Å²) in [5, 5.41) is 10.5. The lowest BCUT2D eigenvalue weighted by Crippen LogP contribution is -2.21. The number of fused-ring (bicyclic) bond motifs is 1. The highest BCUT2D eigenvalue weighted by Gasteiger charge is 2.32. The van der Waals surface area contributed by atoms with E-state index >= 15 is 0 Å². The molecule has 4 aromatic rings. The number of aromatic nitrogens is 6. The Morgan fingerprint density at radius 3 is 2.69 bits per heavy atom. The van der Waals surface area contributed by atoms with Crippen LogP contribution in [0.3, 0.4) is 0 Å². The number of benzene rings is 1. The lowest BCUT2D eigenvalue weighted by atomic mass is 10.1. The first-order valence-corrected chi connectivity index (χ1v) is 12.9. The first kappa shape index (κ1) is 25.2. The van der Waals surface area contributed by atoms with Crippen LogP contribution in [0.15, 0.2) is 30.6 Å². The summed E-state index contributed by atoms with van der Waals surface area (Å²) in [6.07, 6.45) is 1.98. The van der Waals surface area contributed by atoms with E-state index in [-0.39, 0.29) is 28.8 Å². The molecule has 39 heavy (non-hydrogen) atoms. The number of para-hydroxylation sites is 1. The number of nitrogens with zero attached hydrogens (tertiary/aromatic N) is 6. The van der Waals surface area contributed by atoms with Gasteiger partial charge in [0.25, 0.3) is 6.43 Å². The van der Waals surface area contributed by atoms with Crippen LogP contribution < -0.4 is 15.4 Å². The first-order chi connectivity index (χ1) is 18.9. The minimum atomic E-state index is -2.85. The Balaban J connectivity index is 1.49. The Hall–Kier alpha value is -4.13. The summed E-state index contributed by atoms with van der Waals surface area (Å²) in [6.45, 7) is 0.460. The van der Waals surface area contributed by atoms with Gasteiger partial charge in [-0.2, -0.15) is 5.10 Å². The highest BCUT2D eigenvalue weighted by atomic mass is 19.3. The number of halogens is 2. The third kappa shape index (κ3) is 4.89. The number of hydrogen-bond acceptors (Lipinski definition) is 8. The molecule has 2 N–H and O–H groups in total. The van der Waals surface area contributed by atoms with Crippen molar-refractivity contribution in [3.05, 3.63) is 36.4 Å². The number of aryl methyl sites for hydroxylation is 1. The van der Waals surface area contributed by atoms with Crippen molar-refractivity contribution in [3.63, 3.8) is 0 Å². The Morgan fingerprint density at radius 1 is 1.18 bits per heavy atom. The lowest BCUT2D eigenvalue weighted by molar-refractivity contribution is -0.117. The summed E-state index contributed by atoms with van der Waals surface area (Å²) < 4.78 is 43.1. The number of amides is 1. The van der Waals surface area contributed by atoms with Crippen LogP contribution in [-0.2, 0) is 16.6 Å². The van der Waals surface area contributed by atoms with E-state index in [9.17, 15) is 13.6 Å². The van der Waals surface area contributed by atoms with Crippen molar-refractivity contribution in [2.75, 3.05) is 24.4 Å². The van der Waals surface area contributed by atoms with Gasteiger partial charge in [-0.05, 0) is 44.2 Å². The molecule has 1 atom stereocenters. The zero-order valence-electron chi connectivity index (χ0n) is 21.5. The number of carbonyl (C=O) groups is 1. The number of nitrogens with one attached hydrogen (secondary N) is 2. The van der Waals surface area contributed by atoms with E-state index < -0.39 is 18.5 Å². The van der Waals surface area contributed by atoms with Crippen molar-refractivity contribution in [2.45, 2.75) is 44.8 Å². The average molecular weight is 539 g/mol. The van der Waals surface area contributed by atoms with E-state index in [4.69, 9.17) is 9.47 Å². The molecule has 3 aromatic heterocycles. The van der Waals surface area contributed by atoms with Gasteiger partial charge < -0.3 is 20.1 Å². The molecule has 4 heterocycles. The van der Waals surface area contributed by atoms with Crippen molar-refractivity contribution in [1.29, 1.82) is 0 Å². The standard InChI is InChI=1S/C26H28F2N8O3/c1-35-13-29-23(34-35)15-6-5-7-16(21(15)38-2)30-17-12-18(32-26(37)14-9-10-14)31-24-20(17)33-25(22(27)28)36(24)19-8-3-4-11-39-19/h5-7,12-14,19,22H,3-4,8-11H2,1-2H3,(H2,30,31,32,37). The smallest absolute Gasteiger partial charge is 0.295 e. The molecule has 1 unspecified atom stereocenters. The van der Waals surface area contributed by atoms with E-state index in [0.29, 0.717) is 41.5 Å². The van der Waals surface area contributed by atoms with Gasteiger partial charge >= 0.3 is 0 Å². The molecule has 204 valence electrons. The zero-order valence-corrected chi connectivity index (χ0v) is 21.5. The monoisotopic (exact) mass is 538 g/mol. The van der Waals surface area contributed by atoms with Crippen LogP contribution in [0.2, 0.25) is 0 Å². The number of alkyl halides is 2. The number of anilines is 3. The molecule has 1 aromatic carbocycles. The Kier molecular flexibility index (Phi) is 6.59. The van der Waals surface area contributed by atoms with E-state index in [1.165, 1.54) is 11.7 Å². The van der Waals surface area contributed by atoms with Crippen molar-refractivity contribution < 1.29 is 23.0 Å². The fourth-order valence-electron chi connectivity index (χ4n) is 4.82. The summed E-state index contributed by atoms with van der Waals surface area (Å²) in [7, 11) is 3.30. The molecule has 0 spiro atoms. The molecular weight excluding hydrogens is 510 g/mol. The minimum absolute atomic E-state index is 0.0650. The van der Waals surface area contributed by atoms with Crippen LogP contribution in [0, 0.1) is 5.92 Å². The molecule has 1 saturated carbocycles. The van der Waals surface area contributed by atoms with Gasteiger partial charge in [-0.1, -0.05) is 6.07 Å². The number of imidazole rings is 1. The van der Waals surface area contributed by atoms with E-state index in [1.54, 1.807) is 30.2 Å². The van der Waals surface area contributed by atoms with Gasteiger partial charge in [0.05, 0.1) is 24.0 Å². The van der Waals surface area contributed by atoms with Crippen molar-refractivity contribution in [1.82, 2.24) is 29.3 Å². The van der Waals surface area contributed by atoms with Gasteiger partial charge in [0.15, 0.2) is 23.0 Å². The Morgan fingerprint density at radius 2 is 2.03 bits per heavy atom. The summed E-state index contributed by atoms with van der Waals surface area (Å²) >= 11 is 0. The Bertz CT molecular complexity index is 1530. The molecule has 6 rings (SSSR count). The van der Waals surface area contributed by atoms with Crippen LogP contribution in [0.25, 0.3) is 22.6 Å². The SMILES string of the molecule is COc1c(Nc2cc(NC(=O)C3CC3)nc3c2nc(C(F)F)n3C2CCCCO2)cccc1-c1ncn(C)n1. The fourth-order valence-corrected chi connectivity index (χ4v) is 4.82. The normalized spacial score (nSPS) is 17.5. The second kappa shape index (κ2) is 10.2. The van der Waals surface area contributed by atoms with Gasteiger partial charge in [-0.3, -0.25) is 14.0 Å². The fraction of sp³-hybridized carbons (Fsp3) is 0.423. The van der Waals surface area contributed by atoms with E-state index in [1.807, 2.05) is 12.1 Å². The number of pyridine rings is 1. The van der Waals surface area contributed by atoms with Crippen LogP contribution in [0.5, 0.6) is 5.75 Å². The third-order valence-electron chi connectivity index (χ3n) is 6.84. The topological polar surface area (TPSA) is 121 Å². The second-order valence-electron chi connectivity index (χ2n) is 9.71. The molecular formula is C26H28F2N8O3. The molecule has 0 radical (unpaired) electrons. The number of carbonyl (C=O) groups excluding carboxylic acids is 1. The largest absolute Gasteiger partial charge is 0.494 e. The van der Waals surface area contributed by atoms with Gasteiger partial charge in [0.2, 0.25) is 5.91 Å². The summed E-state index contributed by atoms with van der Waals surface area (Å²) in [6, 6.07) is 7.02. The van der Waals surface area contributed by atoms with Crippen LogP contribution in [-0.4, -0.2) is 48.9 Å². The average Bonchev–Trinajstić information content (AvgIpc) is 3.59. The van der Waals surface area contributed by atoms with Crippen molar-refractivity contribution in [3.8, 4) is 17.1 Å². The predicted octanol–water partition coefficient (Wildman–Crippen LogP) is 4.96. The lowest BCUT2D eigenvalue weighted by Gasteiger charge is -2.25. The minimum Gasteiger partial charge on any atom is -0.494 e. The predicted molar refractivity (Wildman–Crippen MR) is 139 cm³/mol. The van der Waals surface area contributed by atoms with Gasteiger partial charge in [0, 0.05) is 25.6 Å². The van der Waals surface area contributed by atoms with E-state index in [0.717, 1.165) is 25.7 Å². The molecule has 11 nitrogen and oxygen atoms in total. The van der Waals surface area contributed by atoms with Gasteiger partial charge in [0.1, 0.15) is 23.9 Å². The number of rotatable bonds is 8. The molecule has 1 amide bonds. The second-order valence-corrected chi connectivity index (χ2v) is 9.71. The maximum Gasteiger partial charge on any atom is 0.295 e. The summed E-state index contributed by atoms with van der Waals surface area (Å²) in [5.74, 6) is 0.514. The third-order valence-corrected chi connectivity index (χ3v) is 6.84. The molecule has 1 saturated heterocycles. The zero-order chi connectivity index (χ0) is 27.1. The van der Waals surface area contributed by atoms with Gasteiger partial charge in [-0.15, -0.1) is 0 Å². The van der Waals surface area contributed by atoms with Crippen LogP contribution >= 0.6 is 0 Å². The molecule has 1 aliphatic heterocycles. The Labute approximate surface area is 222 Å². The number of ether oxygens (including phenoxy) is 2. The molecule has 2 aliphatic rings. The van der Waals surface area contributed by atoms with Crippen molar-refractivity contribution in [2.24, 2.45) is 13.0 Å². The quantitative estimate of drug-likeness (QED) is 0.323. The van der Waals surface area contributed by atoms with Crippen LogP contribution in [0.4, 0.5) is 26.0 Å². The highest BCUT2D eigenvalue weighted by Crippen LogP contribution is 2.40. The summed E-state index contributed by atoms with van der Waals surface area (Å²) in [4.78, 5) is 25.8. The molecule has 13 heteroatoms. The first-order valence-electron chi connectivity index (χ1n) is 12.9. The van der Waals surface area contributed by atoms with Gasteiger partial charge in [-0.25, -0.2) is 23.7 Å². The highest BCUT2D eigenvalue weighted by molar-refractivity contribution is 5.97. The molecule has 1 aliphatic carbocycles. The molecule has 0 bridgehead atoms. The van der Waals surface area contributed by atoms with E-state index in [2.05, 4.69) is 30.7 Å². The van der Waals surface area contributed by atoms with Crippen LogP contribution in [0.1, 0.15) is 50.6 Å². The maximum atomic E-state index is 14.3. The van der Waals surface area contributed by atoms with Crippen molar-refractivity contribution >= 4 is 34.3 Å².